The van der Waals surface area contributed by atoms with Crippen molar-refractivity contribution in [1.82, 2.24) is 19.0 Å². The van der Waals surface area contributed by atoms with Crippen LogP contribution < -0.4 is 4.90 Å². The first-order chi connectivity index (χ1) is 17.0. The van der Waals surface area contributed by atoms with Gasteiger partial charge < -0.3 is 14.4 Å². The van der Waals surface area contributed by atoms with Crippen molar-refractivity contribution in [1.29, 1.82) is 0 Å². The summed E-state index contributed by atoms with van der Waals surface area (Å²) in [7, 11) is 4.07. The van der Waals surface area contributed by atoms with Crippen LogP contribution in [-0.2, 0) is 6.54 Å². The highest BCUT2D eigenvalue weighted by molar-refractivity contribution is 5.72. The number of halogens is 2. The van der Waals surface area contributed by atoms with Crippen LogP contribution >= 0.6 is 0 Å². The topological polar surface area (TPSA) is 29.2 Å². The minimum absolute atomic E-state index is 0.0609. The van der Waals surface area contributed by atoms with Crippen molar-refractivity contribution in [3.63, 3.8) is 0 Å². The molecule has 1 fully saturated rings. The van der Waals surface area contributed by atoms with Crippen molar-refractivity contribution in [3.8, 4) is 28.3 Å². The molecule has 0 saturated carbocycles. The molecule has 0 aliphatic carbocycles. The van der Waals surface area contributed by atoms with Crippen LogP contribution in [0.4, 0.5) is 14.5 Å². The molecule has 0 spiro atoms. The molecule has 6 rings (SSSR count). The quantitative estimate of drug-likeness (QED) is 0.350. The molecule has 0 N–H and O–H groups in total. The van der Waals surface area contributed by atoms with E-state index in [4.69, 9.17) is 0 Å². The molecule has 2 aromatic carbocycles. The van der Waals surface area contributed by atoms with E-state index in [0.29, 0.717) is 13.1 Å². The third kappa shape index (κ3) is 4.04. The van der Waals surface area contributed by atoms with Gasteiger partial charge in [-0.3, -0.25) is 4.57 Å². The predicted molar refractivity (Wildman–Crippen MR) is 135 cm³/mol. The van der Waals surface area contributed by atoms with Crippen LogP contribution in [0.25, 0.3) is 28.3 Å². The number of benzene rings is 2. The van der Waals surface area contributed by atoms with E-state index in [-0.39, 0.29) is 11.7 Å². The van der Waals surface area contributed by atoms with Crippen molar-refractivity contribution in [2.75, 3.05) is 38.6 Å². The number of anilines is 1. The summed E-state index contributed by atoms with van der Waals surface area (Å²) in [4.78, 5) is 8.96. The van der Waals surface area contributed by atoms with Gasteiger partial charge in [-0.2, -0.15) is 0 Å². The van der Waals surface area contributed by atoms with Crippen LogP contribution in [0.3, 0.4) is 0 Å². The van der Waals surface area contributed by atoms with Gasteiger partial charge in [0.25, 0.3) is 0 Å². The average Bonchev–Trinajstić information content (AvgIpc) is 3.55. The van der Waals surface area contributed by atoms with Crippen LogP contribution in [0.2, 0.25) is 0 Å². The van der Waals surface area contributed by atoms with E-state index < -0.39 is 6.17 Å². The van der Waals surface area contributed by atoms with E-state index in [9.17, 15) is 8.78 Å². The number of alkyl halides is 1. The van der Waals surface area contributed by atoms with Gasteiger partial charge in [-0.25, -0.2) is 13.8 Å². The SMILES string of the molecule is CN(C)CC[C@H]1CN(c2ccc3c(c2)Cn2cc(-c4ccc(F)cc4)cc2-c2nccn2-3)C[C@H]1F. The van der Waals surface area contributed by atoms with Crippen molar-refractivity contribution < 1.29 is 8.78 Å². The van der Waals surface area contributed by atoms with Crippen LogP contribution in [0.15, 0.2) is 67.1 Å². The van der Waals surface area contributed by atoms with Gasteiger partial charge >= 0.3 is 0 Å². The molecule has 2 aliphatic rings. The first-order valence-corrected chi connectivity index (χ1v) is 12.1. The fourth-order valence-corrected chi connectivity index (χ4v) is 5.37. The first kappa shape index (κ1) is 22.0. The van der Waals surface area contributed by atoms with Gasteiger partial charge in [0.2, 0.25) is 0 Å². The largest absolute Gasteiger partial charge is 0.368 e. The Labute approximate surface area is 204 Å². The summed E-state index contributed by atoms with van der Waals surface area (Å²) < 4.78 is 32.6. The van der Waals surface area contributed by atoms with E-state index in [1.807, 2.05) is 26.5 Å². The molecule has 1 saturated heterocycles. The molecule has 4 aromatic rings. The second-order valence-electron chi connectivity index (χ2n) is 9.96. The smallest absolute Gasteiger partial charge is 0.161 e. The molecule has 2 atom stereocenters. The first-order valence-electron chi connectivity index (χ1n) is 12.1. The highest BCUT2D eigenvalue weighted by atomic mass is 19.1. The molecular weight excluding hydrogens is 444 g/mol. The van der Waals surface area contributed by atoms with Gasteiger partial charge in [-0.05, 0) is 74.6 Å². The maximum absolute atomic E-state index is 14.8. The molecule has 0 bridgehead atoms. The molecular formula is C28H29F2N5. The van der Waals surface area contributed by atoms with Crippen LogP contribution in [-0.4, -0.2) is 58.9 Å². The summed E-state index contributed by atoms with van der Waals surface area (Å²) in [6, 6.07) is 15.1. The average molecular weight is 474 g/mol. The molecule has 0 radical (unpaired) electrons. The fourth-order valence-electron chi connectivity index (χ4n) is 5.37. The molecule has 5 nitrogen and oxygen atoms in total. The lowest BCUT2D eigenvalue weighted by atomic mass is 10.0. The Morgan fingerprint density at radius 2 is 1.86 bits per heavy atom. The lowest BCUT2D eigenvalue weighted by molar-refractivity contribution is 0.251. The van der Waals surface area contributed by atoms with Gasteiger partial charge in [0.15, 0.2) is 5.82 Å². The third-order valence-electron chi connectivity index (χ3n) is 7.28. The van der Waals surface area contributed by atoms with E-state index in [0.717, 1.165) is 59.1 Å². The maximum atomic E-state index is 14.8. The standard InChI is InChI=1S/C28H29F2N5/c1-32(2)11-9-20-15-33(18-25(20)30)24-7-8-26-22(13-24)17-34-16-21(19-3-5-23(29)6-4-19)14-27(34)28-31-10-12-35(26)28/h3-8,10,12-14,16,20,25H,9,11,15,17-18H2,1-2H3/t20-,25+/m0/s1. The van der Waals surface area contributed by atoms with E-state index in [1.54, 1.807) is 12.1 Å². The van der Waals surface area contributed by atoms with Crippen LogP contribution in [0.1, 0.15) is 12.0 Å². The van der Waals surface area contributed by atoms with E-state index in [1.165, 1.54) is 12.1 Å². The summed E-state index contributed by atoms with van der Waals surface area (Å²) in [6.07, 6.45) is 5.97. The molecule has 7 heteroatoms. The zero-order valence-electron chi connectivity index (χ0n) is 20.0. The Morgan fingerprint density at radius 1 is 1.03 bits per heavy atom. The number of aromatic nitrogens is 3. The van der Waals surface area contributed by atoms with E-state index >= 15 is 0 Å². The van der Waals surface area contributed by atoms with Crippen LogP contribution in [0, 0.1) is 11.7 Å². The molecule has 2 aliphatic heterocycles. The van der Waals surface area contributed by atoms with Gasteiger partial charge in [0, 0.05) is 55.4 Å². The van der Waals surface area contributed by atoms with Gasteiger partial charge in [0.05, 0.1) is 11.4 Å². The minimum Gasteiger partial charge on any atom is -0.368 e. The highest BCUT2D eigenvalue weighted by Gasteiger charge is 2.33. The van der Waals surface area contributed by atoms with Gasteiger partial charge in [-0.15, -0.1) is 0 Å². The molecule has 35 heavy (non-hydrogen) atoms. The summed E-state index contributed by atoms with van der Waals surface area (Å²) in [6.45, 7) is 2.77. The molecule has 4 heterocycles. The Bertz CT molecular complexity index is 1350. The Hall–Kier alpha value is -3.45. The number of fused-ring (bicyclic) bond motifs is 5. The number of rotatable bonds is 5. The van der Waals surface area contributed by atoms with Crippen molar-refractivity contribution in [3.05, 3.63) is 78.5 Å². The van der Waals surface area contributed by atoms with Gasteiger partial charge in [0.1, 0.15) is 12.0 Å². The monoisotopic (exact) mass is 473 g/mol. The molecule has 0 amide bonds. The molecule has 180 valence electrons. The lowest BCUT2D eigenvalue weighted by Crippen LogP contribution is -2.22. The number of hydrogen-bond acceptors (Lipinski definition) is 3. The summed E-state index contributed by atoms with van der Waals surface area (Å²) in [5.74, 6) is 0.692. The Kier molecular flexibility index (Phi) is 5.44. The zero-order chi connectivity index (χ0) is 24.1. The minimum atomic E-state index is -0.802. The second kappa shape index (κ2) is 8.64. The predicted octanol–water partition coefficient (Wildman–Crippen LogP) is 5.23. The van der Waals surface area contributed by atoms with Crippen molar-refractivity contribution in [2.24, 2.45) is 5.92 Å². The van der Waals surface area contributed by atoms with Crippen molar-refractivity contribution >= 4 is 5.69 Å². The Morgan fingerprint density at radius 3 is 2.66 bits per heavy atom. The van der Waals surface area contributed by atoms with Crippen molar-refractivity contribution in [2.45, 2.75) is 19.1 Å². The third-order valence-corrected chi connectivity index (χ3v) is 7.28. The number of imidazole rings is 1. The lowest BCUT2D eigenvalue weighted by Gasteiger charge is -2.21. The van der Waals surface area contributed by atoms with Gasteiger partial charge in [-0.1, -0.05) is 12.1 Å². The maximum Gasteiger partial charge on any atom is 0.161 e. The summed E-state index contributed by atoms with van der Waals surface area (Å²) in [5.41, 5.74) is 6.32. The highest BCUT2D eigenvalue weighted by Crippen LogP contribution is 2.36. The number of hydrogen-bond donors (Lipinski definition) is 0. The Balaban J connectivity index is 1.34. The fraction of sp³-hybridized carbons (Fsp3) is 0.321. The normalized spacial score (nSPS) is 18.9. The summed E-state index contributed by atoms with van der Waals surface area (Å²) >= 11 is 0. The molecule has 0 unspecified atom stereocenters. The summed E-state index contributed by atoms with van der Waals surface area (Å²) in [5, 5.41) is 0. The van der Waals surface area contributed by atoms with Crippen LogP contribution in [0.5, 0.6) is 0 Å². The number of nitrogens with zero attached hydrogens (tertiary/aromatic N) is 5. The molecule has 2 aromatic heterocycles. The van der Waals surface area contributed by atoms with E-state index in [2.05, 4.69) is 54.4 Å². The second-order valence-corrected chi connectivity index (χ2v) is 9.96. The zero-order valence-corrected chi connectivity index (χ0v) is 20.0.